The van der Waals surface area contributed by atoms with E-state index in [0.29, 0.717) is 23.1 Å². The van der Waals surface area contributed by atoms with E-state index >= 15 is 0 Å². The number of rotatable bonds is 8. The SMILES string of the molecule is CCc1cccc(OCC(=O)Nc2ccc(OCc3ccc(Cl)cc3)cc2)c1. The molecule has 0 aliphatic rings. The molecule has 3 aromatic rings. The van der Waals surface area contributed by atoms with Crippen molar-refractivity contribution in [2.24, 2.45) is 0 Å². The van der Waals surface area contributed by atoms with Gasteiger partial charge in [0.05, 0.1) is 0 Å². The highest BCUT2D eigenvalue weighted by molar-refractivity contribution is 6.30. The number of benzene rings is 3. The normalized spacial score (nSPS) is 10.4. The number of anilines is 1. The van der Waals surface area contributed by atoms with Gasteiger partial charge < -0.3 is 14.8 Å². The average molecular weight is 396 g/mol. The van der Waals surface area contributed by atoms with Crippen molar-refractivity contribution in [3.63, 3.8) is 0 Å². The van der Waals surface area contributed by atoms with E-state index in [-0.39, 0.29) is 12.5 Å². The number of nitrogens with one attached hydrogen (secondary N) is 1. The molecule has 1 amide bonds. The quantitative estimate of drug-likeness (QED) is 0.548. The number of hydrogen-bond acceptors (Lipinski definition) is 3. The van der Waals surface area contributed by atoms with Crippen molar-refractivity contribution >= 4 is 23.2 Å². The van der Waals surface area contributed by atoms with E-state index in [9.17, 15) is 4.79 Å². The van der Waals surface area contributed by atoms with Crippen LogP contribution in [-0.4, -0.2) is 12.5 Å². The summed E-state index contributed by atoms with van der Waals surface area (Å²) in [4.78, 5) is 12.1. The highest BCUT2D eigenvalue weighted by atomic mass is 35.5. The molecule has 1 N–H and O–H groups in total. The summed E-state index contributed by atoms with van der Waals surface area (Å²) in [7, 11) is 0. The van der Waals surface area contributed by atoms with Crippen LogP contribution in [0.25, 0.3) is 0 Å². The van der Waals surface area contributed by atoms with Gasteiger partial charge in [-0.05, 0) is 66.1 Å². The Bertz CT molecular complexity index is 908. The average Bonchev–Trinajstić information content (AvgIpc) is 2.73. The zero-order chi connectivity index (χ0) is 19.8. The minimum absolute atomic E-state index is 0.0397. The van der Waals surface area contributed by atoms with Gasteiger partial charge in [-0.15, -0.1) is 0 Å². The fraction of sp³-hybridized carbons (Fsp3) is 0.174. The fourth-order valence-corrected chi connectivity index (χ4v) is 2.71. The van der Waals surface area contributed by atoms with Gasteiger partial charge in [0.1, 0.15) is 18.1 Å². The molecule has 0 radical (unpaired) electrons. The van der Waals surface area contributed by atoms with Crippen LogP contribution < -0.4 is 14.8 Å². The van der Waals surface area contributed by atoms with Crippen molar-refractivity contribution in [1.82, 2.24) is 0 Å². The van der Waals surface area contributed by atoms with Crippen LogP contribution in [0.5, 0.6) is 11.5 Å². The highest BCUT2D eigenvalue weighted by Crippen LogP contribution is 2.18. The van der Waals surface area contributed by atoms with E-state index < -0.39 is 0 Å². The second-order valence-electron chi connectivity index (χ2n) is 6.28. The molecule has 0 fully saturated rings. The summed E-state index contributed by atoms with van der Waals surface area (Å²) in [5, 5.41) is 3.51. The molecule has 0 unspecified atom stereocenters. The molecule has 0 aliphatic carbocycles. The smallest absolute Gasteiger partial charge is 0.262 e. The van der Waals surface area contributed by atoms with Gasteiger partial charge in [-0.25, -0.2) is 0 Å². The van der Waals surface area contributed by atoms with Crippen LogP contribution in [0, 0.1) is 0 Å². The first-order chi connectivity index (χ1) is 13.6. The molecule has 0 aliphatic heterocycles. The van der Waals surface area contributed by atoms with Gasteiger partial charge in [-0.3, -0.25) is 4.79 Å². The van der Waals surface area contributed by atoms with Gasteiger partial charge >= 0.3 is 0 Å². The Kier molecular flexibility index (Phi) is 6.93. The molecule has 3 rings (SSSR count). The van der Waals surface area contributed by atoms with Crippen molar-refractivity contribution in [2.45, 2.75) is 20.0 Å². The molecule has 28 heavy (non-hydrogen) atoms. The third-order valence-electron chi connectivity index (χ3n) is 4.13. The van der Waals surface area contributed by atoms with E-state index in [0.717, 1.165) is 17.7 Å². The van der Waals surface area contributed by atoms with Gasteiger partial charge in [0.2, 0.25) is 0 Å². The molecule has 0 bridgehead atoms. The van der Waals surface area contributed by atoms with Crippen molar-refractivity contribution < 1.29 is 14.3 Å². The lowest BCUT2D eigenvalue weighted by atomic mass is 10.2. The van der Waals surface area contributed by atoms with Crippen molar-refractivity contribution in [2.75, 3.05) is 11.9 Å². The lowest BCUT2D eigenvalue weighted by Gasteiger charge is -2.10. The molecule has 0 spiro atoms. The highest BCUT2D eigenvalue weighted by Gasteiger charge is 2.05. The lowest BCUT2D eigenvalue weighted by molar-refractivity contribution is -0.118. The van der Waals surface area contributed by atoms with Crippen molar-refractivity contribution in [1.29, 1.82) is 0 Å². The second kappa shape index (κ2) is 9.81. The molecule has 5 heteroatoms. The molecule has 0 aromatic heterocycles. The molecule has 4 nitrogen and oxygen atoms in total. The molecule has 0 heterocycles. The Morgan fingerprint density at radius 2 is 1.64 bits per heavy atom. The van der Waals surface area contributed by atoms with Crippen LogP contribution in [0.1, 0.15) is 18.1 Å². The van der Waals surface area contributed by atoms with Crippen molar-refractivity contribution in [3.8, 4) is 11.5 Å². The van der Waals surface area contributed by atoms with Crippen LogP contribution in [0.2, 0.25) is 5.02 Å². The number of carbonyl (C=O) groups is 1. The molecule has 0 saturated heterocycles. The maximum absolute atomic E-state index is 12.1. The number of hydrogen-bond donors (Lipinski definition) is 1. The van der Waals surface area contributed by atoms with Crippen LogP contribution >= 0.6 is 11.6 Å². The van der Waals surface area contributed by atoms with E-state index in [1.807, 2.05) is 60.7 Å². The Labute approximate surface area is 170 Å². The largest absolute Gasteiger partial charge is 0.489 e. The number of aryl methyl sites for hydroxylation is 1. The minimum atomic E-state index is -0.211. The first-order valence-corrected chi connectivity index (χ1v) is 9.49. The fourth-order valence-electron chi connectivity index (χ4n) is 2.58. The third kappa shape index (κ3) is 6.03. The van der Waals surface area contributed by atoms with Gasteiger partial charge in [0.25, 0.3) is 5.91 Å². The first-order valence-electron chi connectivity index (χ1n) is 9.11. The summed E-state index contributed by atoms with van der Waals surface area (Å²) in [6.07, 6.45) is 0.926. The number of ether oxygens (including phenoxy) is 2. The first kappa shape index (κ1) is 19.8. The van der Waals surface area contributed by atoms with E-state index in [2.05, 4.69) is 12.2 Å². The Morgan fingerprint density at radius 3 is 2.36 bits per heavy atom. The summed E-state index contributed by atoms with van der Waals surface area (Å²) < 4.78 is 11.3. The maximum Gasteiger partial charge on any atom is 0.262 e. The standard InChI is InChI=1S/C23H22ClNO3/c1-2-17-4-3-5-22(14-17)28-16-23(26)25-20-10-12-21(13-11-20)27-15-18-6-8-19(24)9-7-18/h3-14H,2,15-16H2,1H3,(H,25,26). The molecule has 144 valence electrons. The Morgan fingerprint density at radius 1 is 0.893 bits per heavy atom. The van der Waals surface area contributed by atoms with Gasteiger partial charge in [-0.2, -0.15) is 0 Å². The maximum atomic E-state index is 12.1. The van der Waals surface area contributed by atoms with Crippen molar-refractivity contribution in [3.05, 3.63) is 88.9 Å². The van der Waals surface area contributed by atoms with Gasteiger partial charge in [0, 0.05) is 10.7 Å². The summed E-state index contributed by atoms with van der Waals surface area (Å²) in [6, 6.07) is 22.5. The van der Waals surface area contributed by atoms with Crippen LogP contribution in [0.3, 0.4) is 0 Å². The topological polar surface area (TPSA) is 47.6 Å². The number of carbonyl (C=O) groups excluding carboxylic acids is 1. The predicted molar refractivity (Wildman–Crippen MR) is 112 cm³/mol. The lowest BCUT2D eigenvalue weighted by Crippen LogP contribution is -2.20. The van der Waals surface area contributed by atoms with Crippen LogP contribution in [0.15, 0.2) is 72.8 Å². The summed E-state index contributed by atoms with van der Waals surface area (Å²) >= 11 is 5.87. The number of halogens is 1. The molecular weight excluding hydrogens is 374 g/mol. The van der Waals surface area contributed by atoms with Gasteiger partial charge in [0.15, 0.2) is 6.61 Å². The molecule has 0 saturated carbocycles. The summed E-state index contributed by atoms with van der Waals surface area (Å²) in [5.41, 5.74) is 2.90. The second-order valence-corrected chi connectivity index (χ2v) is 6.71. The predicted octanol–water partition coefficient (Wildman–Crippen LogP) is 5.50. The molecular formula is C23H22ClNO3. The summed E-state index contributed by atoms with van der Waals surface area (Å²) in [5.74, 6) is 1.21. The molecule has 0 atom stereocenters. The Balaban J connectivity index is 1.46. The Hall–Kier alpha value is -2.98. The monoisotopic (exact) mass is 395 g/mol. The zero-order valence-corrected chi connectivity index (χ0v) is 16.4. The zero-order valence-electron chi connectivity index (χ0n) is 15.7. The minimum Gasteiger partial charge on any atom is -0.489 e. The van der Waals surface area contributed by atoms with Crippen LogP contribution in [0.4, 0.5) is 5.69 Å². The number of amides is 1. The van der Waals surface area contributed by atoms with E-state index in [4.69, 9.17) is 21.1 Å². The summed E-state index contributed by atoms with van der Waals surface area (Å²) in [6.45, 7) is 2.49. The third-order valence-corrected chi connectivity index (χ3v) is 4.39. The molecule has 3 aromatic carbocycles. The van der Waals surface area contributed by atoms with E-state index in [1.54, 1.807) is 12.1 Å². The van der Waals surface area contributed by atoms with Crippen LogP contribution in [-0.2, 0) is 17.8 Å². The van der Waals surface area contributed by atoms with E-state index in [1.165, 1.54) is 5.56 Å². The van der Waals surface area contributed by atoms with Gasteiger partial charge in [-0.1, -0.05) is 42.8 Å².